The number of rotatable bonds is 7. The Balaban J connectivity index is 2.81. The second-order valence-electron chi connectivity index (χ2n) is 5.26. The number of ether oxygens (including phenoxy) is 1. The fourth-order valence-corrected chi connectivity index (χ4v) is 2.41. The number of nitrogens with one attached hydrogen (secondary N) is 1. The summed E-state index contributed by atoms with van der Waals surface area (Å²) in [6, 6.07) is 5.39. The van der Waals surface area contributed by atoms with Crippen LogP contribution in [-0.2, 0) is 4.79 Å². The lowest BCUT2D eigenvalue weighted by Gasteiger charge is -2.31. The second-order valence-corrected chi connectivity index (χ2v) is 5.26. The number of likely N-dealkylation sites (N-methyl/N-ethyl adjacent to an activating group) is 1. The summed E-state index contributed by atoms with van der Waals surface area (Å²) in [5, 5.41) is 2.91. The number of nitrogens with two attached hydrogens (primary N) is 1. The van der Waals surface area contributed by atoms with Crippen LogP contribution in [-0.4, -0.2) is 37.0 Å². The van der Waals surface area contributed by atoms with Gasteiger partial charge in [0.05, 0.1) is 18.8 Å². The van der Waals surface area contributed by atoms with E-state index in [0.717, 1.165) is 12.8 Å². The summed E-state index contributed by atoms with van der Waals surface area (Å²) in [5.41, 5.74) is 6.96. The molecular formula is C16H27N3O2. The average molecular weight is 293 g/mol. The second kappa shape index (κ2) is 7.88. The average Bonchev–Trinajstić information content (AvgIpc) is 2.49. The van der Waals surface area contributed by atoms with E-state index in [1.165, 1.54) is 0 Å². The quantitative estimate of drug-likeness (QED) is 0.759. The zero-order chi connectivity index (χ0) is 16.0. The number of amides is 1. The van der Waals surface area contributed by atoms with Crippen LogP contribution in [0.3, 0.4) is 0 Å². The number of hydrogen-bond acceptors (Lipinski definition) is 4. The Kier molecular flexibility index (Phi) is 6.49. The Morgan fingerprint density at radius 1 is 1.38 bits per heavy atom. The maximum Gasteiger partial charge on any atom is 0.241 e. The van der Waals surface area contributed by atoms with E-state index in [-0.39, 0.29) is 11.9 Å². The van der Waals surface area contributed by atoms with Crippen LogP contribution in [0.1, 0.15) is 33.6 Å². The first-order chi connectivity index (χ1) is 9.94. The number of benzene rings is 1. The molecule has 0 saturated carbocycles. The van der Waals surface area contributed by atoms with Crippen molar-refractivity contribution in [1.82, 2.24) is 4.90 Å². The summed E-state index contributed by atoms with van der Waals surface area (Å²) in [4.78, 5) is 14.5. The summed E-state index contributed by atoms with van der Waals surface area (Å²) < 4.78 is 5.25. The fourth-order valence-electron chi connectivity index (χ4n) is 2.41. The van der Waals surface area contributed by atoms with Gasteiger partial charge in [0.2, 0.25) is 5.91 Å². The molecule has 0 aromatic heterocycles. The van der Waals surface area contributed by atoms with Crippen molar-refractivity contribution in [3.05, 3.63) is 18.2 Å². The van der Waals surface area contributed by atoms with Gasteiger partial charge >= 0.3 is 0 Å². The molecule has 1 aromatic carbocycles. The Hall–Kier alpha value is -1.75. The third-order valence-electron chi connectivity index (χ3n) is 3.99. The predicted octanol–water partition coefficient (Wildman–Crippen LogP) is 2.72. The predicted molar refractivity (Wildman–Crippen MR) is 87.6 cm³/mol. The number of nitrogens with zero attached hydrogens (tertiary/aromatic N) is 1. The van der Waals surface area contributed by atoms with E-state index in [4.69, 9.17) is 10.5 Å². The summed E-state index contributed by atoms with van der Waals surface area (Å²) in [6.45, 7) is 6.19. The number of carbonyl (C=O) groups excluding carboxylic acids is 1. The van der Waals surface area contributed by atoms with Gasteiger partial charge in [0.15, 0.2) is 0 Å². The van der Waals surface area contributed by atoms with Crippen molar-refractivity contribution in [2.45, 2.75) is 45.7 Å². The molecule has 21 heavy (non-hydrogen) atoms. The van der Waals surface area contributed by atoms with Crippen LogP contribution in [0.4, 0.5) is 11.4 Å². The highest BCUT2D eigenvalue weighted by molar-refractivity contribution is 5.96. The van der Waals surface area contributed by atoms with E-state index >= 15 is 0 Å². The lowest BCUT2D eigenvalue weighted by Crippen LogP contribution is -2.44. The molecule has 1 rings (SSSR count). The van der Waals surface area contributed by atoms with Gasteiger partial charge in [-0.25, -0.2) is 0 Å². The van der Waals surface area contributed by atoms with Crippen molar-refractivity contribution >= 4 is 17.3 Å². The normalized spacial score (nSPS) is 12.5. The monoisotopic (exact) mass is 293 g/mol. The van der Waals surface area contributed by atoms with Gasteiger partial charge in [-0.3, -0.25) is 9.69 Å². The molecule has 0 aliphatic carbocycles. The lowest BCUT2D eigenvalue weighted by atomic mass is 10.1. The van der Waals surface area contributed by atoms with E-state index in [1.807, 2.05) is 14.0 Å². The Morgan fingerprint density at radius 2 is 2.00 bits per heavy atom. The molecule has 118 valence electrons. The molecule has 0 saturated heterocycles. The van der Waals surface area contributed by atoms with Crippen LogP contribution < -0.4 is 15.8 Å². The zero-order valence-electron chi connectivity index (χ0n) is 13.6. The summed E-state index contributed by atoms with van der Waals surface area (Å²) in [7, 11) is 3.55. The van der Waals surface area contributed by atoms with Gasteiger partial charge in [-0.1, -0.05) is 13.8 Å². The first-order valence-electron chi connectivity index (χ1n) is 7.40. The summed E-state index contributed by atoms with van der Waals surface area (Å²) in [5.74, 6) is 0.521. The molecule has 5 heteroatoms. The number of anilines is 2. The highest BCUT2D eigenvalue weighted by Crippen LogP contribution is 2.27. The van der Waals surface area contributed by atoms with Gasteiger partial charge in [0.1, 0.15) is 5.75 Å². The van der Waals surface area contributed by atoms with Crippen molar-refractivity contribution in [2.75, 3.05) is 25.2 Å². The molecule has 0 spiro atoms. The third kappa shape index (κ3) is 4.36. The minimum Gasteiger partial charge on any atom is -0.494 e. The van der Waals surface area contributed by atoms with Gasteiger partial charge in [-0.2, -0.15) is 0 Å². The minimum absolute atomic E-state index is 0.0486. The molecular weight excluding hydrogens is 266 g/mol. The first-order valence-corrected chi connectivity index (χ1v) is 7.40. The standard InChI is InChI=1S/C16H27N3O2/c1-6-13(7-2)19(4)11(3)16(20)18-14-9-8-12(17)10-15(14)21-5/h8-11,13H,6-7,17H2,1-5H3,(H,18,20). The van der Waals surface area contributed by atoms with Crippen LogP contribution in [0.2, 0.25) is 0 Å². The maximum absolute atomic E-state index is 12.4. The molecule has 0 fully saturated rings. The van der Waals surface area contributed by atoms with Crippen molar-refractivity contribution in [1.29, 1.82) is 0 Å². The van der Waals surface area contributed by atoms with Crippen LogP contribution in [0.25, 0.3) is 0 Å². The van der Waals surface area contributed by atoms with Gasteiger partial charge in [-0.15, -0.1) is 0 Å². The van der Waals surface area contributed by atoms with Gasteiger partial charge < -0.3 is 15.8 Å². The molecule has 0 aliphatic rings. The molecule has 1 atom stereocenters. The molecule has 3 N–H and O–H groups in total. The molecule has 1 aromatic rings. The highest BCUT2D eigenvalue weighted by atomic mass is 16.5. The number of methoxy groups -OCH3 is 1. The van der Waals surface area contributed by atoms with Gasteiger partial charge in [-0.05, 0) is 38.9 Å². The van der Waals surface area contributed by atoms with Crippen LogP contribution >= 0.6 is 0 Å². The topological polar surface area (TPSA) is 67.6 Å². The summed E-state index contributed by atoms with van der Waals surface area (Å²) in [6.07, 6.45) is 2.05. The van der Waals surface area contributed by atoms with Gasteiger partial charge in [0.25, 0.3) is 0 Å². The largest absolute Gasteiger partial charge is 0.494 e. The van der Waals surface area contributed by atoms with Crippen molar-refractivity contribution in [3.63, 3.8) is 0 Å². The molecule has 0 radical (unpaired) electrons. The molecule has 1 amide bonds. The van der Waals surface area contributed by atoms with E-state index in [1.54, 1.807) is 25.3 Å². The maximum atomic E-state index is 12.4. The van der Waals surface area contributed by atoms with Crippen LogP contribution in [0.5, 0.6) is 5.75 Å². The minimum atomic E-state index is -0.211. The lowest BCUT2D eigenvalue weighted by molar-refractivity contribution is -0.121. The van der Waals surface area contributed by atoms with E-state index in [2.05, 4.69) is 24.1 Å². The molecule has 0 bridgehead atoms. The molecule has 0 heterocycles. The molecule has 1 unspecified atom stereocenters. The van der Waals surface area contributed by atoms with Crippen molar-refractivity contribution in [3.8, 4) is 5.75 Å². The smallest absolute Gasteiger partial charge is 0.241 e. The number of nitrogen functional groups attached to an aromatic ring is 1. The van der Waals surface area contributed by atoms with E-state index in [0.29, 0.717) is 23.2 Å². The first kappa shape index (κ1) is 17.3. The van der Waals surface area contributed by atoms with Crippen LogP contribution in [0, 0.1) is 0 Å². The van der Waals surface area contributed by atoms with Crippen molar-refractivity contribution < 1.29 is 9.53 Å². The van der Waals surface area contributed by atoms with Crippen LogP contribution in [0.15, 0.2) is 18.2 Å². The molecule has 0 aliphatic heterocycles. The third-order valence-corrected chi connectivity index (χ3v) is 3.99. The number of hydrogen-bond donors (Lipinski definition) is 2. The SMILES string of the molecule is CCC(CC)N(C)C(C)C(=O)Nc1ccc(N)cc1OC. The molecule has 5 nitrogen and oxygen atoms in total. The Bertz CT molecular complexity index is 473. The Labute approximate surface area is 127 Å². The van der Waals surface area contributed by atoms with Crippen molar-refractivity contribution in [2.24, 2.45) is 0 Å². The van der Waals surface area contributed by atoms with E-state index in [9.17, 15) is 4.79 Å². The van der Waals surface area contributed by atoms with E-state index < -0.39 is 0 Å². The Morgan fingerprint density at radius 3 is 2.52 bits per heavy atom. The zero-order valence-corrected chi connectivity index (χ0v) is 13.6. The highest BCUT2D eigenvalue weighted by Gasteiger charge is 2.23. The fraction of sp³-hybridized carbons (Fsp3) is 0.562. The van der Waals surface area contributed by atoms with Gasteiger partial charge in [0, 0.05) is 17.8 Å². The number of carbonyl (C=O) groups is 1. The summed E-state index contributed by atoms with van der Waals surface area (Å²) >= 11 is 0.